The molecule has 1 heterocycles. The number of halogens is 1. The molecular formula is C19H18FN3O2. The van der Waals surface area contributed by atoms with Crippen LogP contribution >= 0.6 is 0 Å². The van der Waals surface area contributed by atoms with Gasteiger partial charge in [-0.05, 0) is 23.8 Å². The third-order valence-electron chi connectivity index (χ3n) is 4.52. The minimum Gasteiger partial charge on any atom is -0.493 e. The number of nitrogens with one attached hydrogen (secondary N) is 2. The Bertz CT molecular complexity index is 936. The maximum atomic E-state index is 13.8. The summed E-state index contributed by atoms with van der Waals surface area (Å²) in [5.41, 5.74) is 4.85. The Labute approximate surface area is 144 Å². The molecule has 5 nitrogen and oxygen atoms in total. The molecule has 1 aliphatic rings. The molecule has 0 unspecified atom stereocenters. The van der Waals surface area contributed by atoms with E-state index in [4.69, 9.17) is 9.47 Å². The Morgan fingerprint density at radius 2 is 1.92 bits per heavy atom. The van der Waals surface area contributed by atoms with E-state index >= 15 is 0 Å². The molecule has 1 aliphatic carbocycles. The molecule has 0 spiro atoms. The predicted octanol–water partition coefficient (Wildman–Crippen LogP) is 3.75. The predicted molar refractivity (Wildman–Crippen MR) is 93.7 cm³/mol. The van der Waals surface area contributed by atoms with Gasteiger partial charge in [0.05, 0.1) is 19.9 Å². The van der Waals surface area contributed by atoms with E-state index in [-0.39, 0.29) is 5.82 Å². The van der Waals surface area contributed by atoms with Crippen LogP contribution in [-0.4, -0.2) is 24.4 Å². The van der Waals surface area contributed by atoms with Crippen LogP contribution in [0.25, 0.3) is 11.3 Å². The highest BCUT2D eigenvalue weighted by molar-refractivity contribution is 5.80. The zero-order valence-electron chi connectivity index (χ0n) is 14.0. The number of aromatic amines is 1. The van der Waals surface area contributed by atoms with E-state index in [1.54, 1.807) is 26.4 Å². The summed E-state index contributed by atoms with van der Waals surface area (Å²) in [6, 6.07) is 10.7. The van der Waals surface area contributed by atoms with E-state index in [1.165, 1.54) is 6.07 Å². The number of ether oxygens (including phenoxy) is 2. The number of hydrogen-bond donors (Lipinski definition) is 2. The number of benzene rings is 2. The van der Waals surface area contributed by atoms with Gasteiger partial charge < -0.3 is 14.8 Å². The second kappa shape index (κ2) is 6.12. The van der Waals surface area contributed by atoms with E-state index in [9.17, 15) is 4.39 Å². The third-order valence-corrected chi connectivity index (χ3v) is 4.52. The van der Waals surface area contributed by atoms with Crippen LogP contribution in [-0.2, 0) is 13.0 Å². The molecule has 0 atom stereocenters. The lowest BCUT2D eigenvalue weighted by Gasteiger charge is -2.10. The van der Waals surface area contributed by atoms with Gasteiger partial charge in [0, 0.05) is 29.7 Å². The molecule has 0 amide bonds. The van der Waals surface area contributed by atoms with Crippen LogP contribution in [0.4, 0.5) is 10.2 Å². The van der Waals surface area contributed by atoms with Gasteiger partial charge in [-0.25, -0.2) is 4.39 Å². The Kier molecular flexibility index (Phi) is 3.80. The first-order valence-corrected chi connectivity index (χ1v) is 8.01. The molecule has 0 aliphatic heterocycles. The lowest BCUT2D eigenvalue weighted by Crippen LogP contribution is -2.03. The number of fused-ring (bicyclic) bond motifs is 3. The monoisotopic (exact) mass is 339 g/mol. The summed E-state index contributed by atoms with van der Waals surface area (Å²) in [6.07, 6.45) is 0.737. The second-order valence-corrected chi connectivity index (χ2v) is 5.91. The van der Waals surface area contributed by atoms with Gasteiger partial charge in [-0.15, -0.1) is 0 Å². The molecule has 0 bridgehead atoms. The molecule has 0 saturated heterocycles. The first-order chi connectivity index (χ1) is 12.2. The standard InChI is InChI=1S/C19H18FN3O2/c1-24-16-8-12-7-14-18(13(12)9-17(16)25-2)22-23-19(14)21-10-11-5-3-4-6-15(11)20/h3-6,8-9H,7,10H2,1-2H3,(H2,21,22,23). The first-order valence-electron chi connectivity index (χ1n) is 8.01. The normalized spacial score (nSPS) is 11.8. The molecular weight excluding hydrogens is 321 g/mol. The summed E-state index contributed by atoms with van der Waals surface area (Å²) < 4.78 is 24.5. The summed E-state index contributed by atoms with van der Waals surface area (Å²) in [5.74, 6) is 1.91. The molecule has 0 saturated carbocycles. The van der Waals surface area contributed by atoms with Crippen LogP contribution in [0.5, 0.6) is 11.5 Å². The molecule has 4 rings (SSSR count). The minimum absolute atomic E-state index is 0.222. The maximum Gasteiger partial charge on any atom is 0.161 e. The van der Waals surface area contributed by atoms with Gasteiger partial charge in [0.25, 0.3) is 0 Å². The molecule has 0 radical (unpaired) electrons. The number of anilines is 1. The van der Waals surface area contributed by atoms with Crippen LogP contribution < -0.4 is 14.8 Å². The van der Waals surface area contributed by atoms with E-state index in [1.807, 2.05) is 18.2 Å². The fraction of sp³-hybridized carbons (Fsp3) is 0.211. The molecule has 1 aromatic heterocycles. The molecule has 128 valence electrons. The van der Waals surface area contributed by atoms with Gasteiger partial charge in [0.1, 0.15) is 5.82 Å². The number of hydrogen-bond acceptors (Lipinski definition) is 4. The van der Waals surface area contributed by atoms with Crippen LogP contribution in [0.15, 0.2) is 36.4 Å². The van der Waals surface area contributed by atoms with Crippen molar-refractivity contribution in [2.24, 2.45) is 0 Å². The van der Waals surface area contributed by atoms with Crippen molar-refractivity contribution in [1.29, 1.82) is 0 Å². The second-order valence-electron chi connectivity index (χ2n) is 5.91. The number of aromatic nitrogens is 2. The molecule has 3 aromatic rings. The molecule has 2 aromatic carbocycles. The van der Waals surface area contributed by atoms with E-state index in [0.29, 0.717) is 23.6 Å². The van der Waals surface area contributed by atoms with E-state index in [2.05, 4.69) is 15.5 Å². The molecule has 2 N–H and O–H groups in total. The van der Waals surface area contributed by atoms with Crippen molar-refractivity contribution in [3.05, 3.63) is 58.9 Å². The van der Waals surface area contributed by atoms with Gasteiger partial charge >= 0.3 is 0 Å². The highest BCUT2D eigenvalue weighted by atomic mass is 19.1. The van der Waals surface area contributed by atoms with Crippen LogP contribution in [0.1, 0.15) is 16.7 Å². The smallest absolute Gasteiger partial charge is 0.161 e. The van der Waals surface area contributed by atoms with Crippen molar-refractivity contribution in [3.8, 4) is 22.8 Å². The number of nitrogens with zero attached hydrogens (tertiary/aromatic N) is 1. The van der Waals surface area contributed by atoms with Crippen LogP contribution in [0, 0.1) is 5.82 Å². The van der Waals surface area contributed by atoms with Gasteiger partial charge in [0.15, 0.2) is 17.3 Å². The van der Waals surface area contributed by atoms with Crippen molar-refractivity contribution in [1.82, 2.24) is 10.2 Å². The average Bonchev–Trinajstić information content (AvgIpc) is 3.18. The zero-order valence-corrected chi connectivity index (χ0v) is 14.0. The highest BCUT2D eigenvalue weighted by Gasteiger charge is 2.26. The Morgan fingerprint density at radius 1 is 1.16 bits per heavy atom. The molecule has 0 fully saturated rings. The van der Waals surface area contributed by atoms with Gasteiger partial charge in [-0.3, -0.25) is 5.10 Å². The van der Waals surface area contributed by atoms with Gasteiger partial charge in [-0.2, -0.15) is 5.10 Å². The lowest BCUT2D eigenvalue weighted by molar-refractivity contribution is 0.355. The topological polar surface area (TPSA) is 59.2 Å². The number of rotatable bonds is 5. The number of H-pyrrole nitrogens is 1. The lowest BCUT2D eigenvalue weighted by atomic mass is 10.1. The molecule has 6 heteroatoms. The largest absolute Gasteiger partial charge is 0.493 e. The summed E-state index contributed by atoms with van der Waals surface area (Å²) in [7, 11) is 3.25. The fourth-order valence-corrected chi connectivity index (χ4v) is 3.22. The SMILES string of the molecule is COc1cc2c(cc1OC)-c1[nH]nc(NCc3ccccc3F)c1C2. The summed E-state index contributed by atoms with van der Waals surface area (Å²) in [6.45, 7) is 0.382. The molecule has 25 heavy (non-hydrogen) atoms. The zero-order chi connectivity index (χ0) is 17.4. The van der Waals surface area contributed by atoms with Gasteiger partial charge in [0.2, 0.25) is 0 Å². The Balaban J connectivity index is 1.62. The van der Waals surface area contributed by atoms with E-state index in [0.717, 1.165) is 34.6 Å². The quantitative estimate of drug-likeness (QED) is 0.581. The first kappa shape index (κ1) is 15.5. The average molecular weight is 339 g/mol. The summed E-state index contributed by atoms with van der Waals surface area (Å²) in [5, 5.41) is 10.7. The highest BCUT2D eigenvalue weighted by Crippen LogP contribution is 2.43. The fourth-order valence-electron chi connectivity index (χ4n) is 3.22. The maximum absolute atomic E-state index is 13.8. The van der Waals surface area contributed by atoms with E-state index < -0.39 is 0 Å². The van der Waals surface area contributed by atoms with Crippen LogP contribution in [0.3, 0.4) is 0 Å². The van der Waals surface area contributed by atoms with Crippen molar-refractivity contribution in [3.63, 3.8) is 0 Å². The van der Waals surface area contributed by atoms with Gasteiger partial charge in [-0.1, -0.05) is 18.2 Å². The Morgan fingerprint density at radius 3 is 2.68 bits per heavy atom. The van der Waals surface area contributed by atoms with Crippen molar-refractivity contribution in [2.75, 3.05) is 19.5 Å². The third kappa shape index (κ3) is 2.59. The van der Waals surface area contributed by atoms with Crippen molar-refractivity contribution in [2.45, 2.75) is 13.0 Å². The van der Waals surface area contributed by atoms with Crippen molar-refractivity contribution >= 4 is 5.82 Å². The Hall–Kier alpha value is -3.02. The minimum atomic E-state index is -0.222. The number of methoxy groups -OCH3 is 2. The summed E-state index contributed by atoms with van der Waals surface area (Å²) >= 11 is 0. The summed E-state index contributed by atoms with van der Waals surface area (Å²) in [4.78, 5) is 0. The van der Waals surface area contributed by atoms with Crippen LogP contribution in [0.2, 0.25) is 0 Å². The van der Waals surface area contributed by atoms with Crippen molar-refractivity contribution < 1.29 is 13.9 Å².